The number of aliphatic hydroxyl groups is 1. The van der Waals surface area contributed by atoms with Crippen LogP contribution in [0.3, 0.4) is 0 Å². The zero-order chi connectivity index (χ0) is 19.8. The van der Waals surface area contributed by atoms with E-state index in [9.17, 15) is 31.5 Å². The van der Waals surface area contributed by atoms with Gasteiger partial charge in [-0.05, 0) is 30.3 Å². The van der Waals surface area contributed by atoms with Crippen molar-refractivity contribution in [3.8, 4) is 0 Å². The number of carbonyl (C=O) groups is 1. The maximum absolute atomic E-state index is 13.4. The summed E-state index contributed by atoms with van der Waals surface area (Å²) in [6.45, 7) is -0.858. The lowest BCUT2D eigenvalue weighted by Gasteiger charge is -2.16. The number of nitrogens with zero attached hydrogens (tertiary/aromatic N) is 1. The van der Waals surface area contributed by atoms with Crippen LogP contribution in [-0.4, -0.2) is 49.1 Å². The molecule has 10 heteroatoms. The molecule has 27 heavy (non-hydrogen) atoms. The molecule has 0 radical (unpaired) electrons. The van der Waals surface area contributed by atoms with Crippen LogP contribution in [0.4, 0.5) is 18.9 Å². The maximum atomic E-state index is 13.4. The second-order valence-corrected chi connectivity index (χ2v) is 7.95. The molecule has 144 valence electrons. The Labute approximate surface area is 153 Å². The molecule has 1 heterocycles. The summed E-state index contributed by atoms with van der Waals surface area (Å²) in [5, 5.41) is 11.8. The molecule has 1 saturated heterocycles. The van der Waals surface area contributed by atoms with Gasteiger partial charge in [0.25, 0.3) is 5.91 Å². The largest absolute Gasteiger partial charge is 0.389 e. The summed E-state index contributed by atoms with van der Waals surface area (Å²) in [5.74, 6) is -2.94. The maximum Gasteiger partial charge on any atom is 0.255 e. The zero-order valence-electron chi connectivity index (χ0n) is 13.8. The highest BCUT2D eigenvalue weighted by molar-refractivity contribution is 7.89. The van der Waals surface area contributed by atoms with Gasteiger partial charge in [0.05, 0.1) is 4.90 Å². The predicted molar refractivity (Wildman–Crippen MR) is 90.4 cm³/mol. The summed E-state index contributed by atoms with van der Waals surface area (Å²) in [6.07, 6.45) is -3.08. The topological polar surface area (TPSA) is 86.7 Å². The van der Waals surface area contributed by atoms with Crippen molar-refractivity contribution in [2.45, 2.75) is 17.2 Å². The van der Waals surface area contributed by atoms with E-state index in [1.165, 1.54) is 18.2 Å². The monoisotopic (exact) mass is 400 g/mol. The number of hydrogen-bond acceptors (Lipinski definition) is 4. The second kappa shape index (κ2) is 7.29. The van der Waals surface area contributed by atoms with E-state index in [1.54, 1.807) is 0 Å². The highest BCUT2D eigenvalue weighted by Crippen LogP contribution is 2.24. The molecule has 0 bridgehead atoms. The van der Waals surface area contributed by atoms with Gasteiger partial charge in [0.15, 0.2) is 11.6 Å². The lowest BCUT2D eigenvalue weighted by atomic mass is 10.2. The summed E-state index contributed by atoms with van der Waals surface area (Å²) in [4.78, 5) is 12.0. The Hall–Kier alpha value is -2.43. The Kier molecular flexibility index (Phi) is 5.22. The first kappa shape index (κ1) is 19.3. The van der Waals surface area contributed by atoms with Gasteiger partial charge in [0.1, 0.15) is 12.3 Å². The molecule has 3 rings (SSSR count). The number of nitrogens with one attached hydrogen (secondary N) is 1. The summed E-state index contributed by atoms with van der Waals surface area (Å²) in [5.41, 5.74) is -0.0487. The molecule has 1 aliphatic rings. The Morgan fingerprint density at radius 2 is 1.85 bits per heavy atom. The number of halogens is 3. The van der Waals surface area contributed by atoms with Crippen molar-refractivity contribution in [3.63, 3.8) is 0 Å². The van der Waals surface area contributed by atoms with E-state index in [0.717, 1.165) is 28.6 Å². The van der Waals surface area contributed by atoms with Crippen LogP contribution in [0.1, 0.15) is 10.4 Å². The van der Waals surface area contributed by atoms with Crippen molar-refractivity contribution in [1.82, 2.24) is 4.31 Å². The van der Waals surface area contributed by atoms with Crippen LogP contribution in [0.2, 0.25) is 0 Å². The minimum atomic E-state index is -4.10. The number of amides is 1. The number of hydrogen-bond donors (Lipinski definition) is 2. The standard InChI is InChI=1S/C17H15F3N2O4S/c18-13-5-4-11(7-14(13)19)21-17(24)10-2-1-3-12(6-10)27(25,26)22-8-15(20)16(23)9-22/h1-7,15-16,23H,8-9H2,(H,21,24). The van der Waals surface area contributed by atoms with E-state index in [1.807, 2.05) is 0 Å². The lowest BCUT2D eigenvalue weighted by molar-refractivity contribution is 0.102. The minimum Gasteiger partial charge on any atom is -0.389 e. The first-order valence-electron chi connectivity index (χ1n) is 7.87. The molecule has 0 saturated carbocycles. The van der Waals surface area contributed by atoms with Gasteiger partial charge in [-0.1, -0.05) is 6.07 Å². The molecule has 0 aliphatic carbocycles. The van der Waals surface area contributed by atoms with Gasteiger partial charge in [0, 0.05) is 30.4 Å². The Bertz CT molecular complexity index is 974. The second-order valence-electron chi connectivity index (χ2n) is 6.02. The van der Waals surface area contributed by atoms with E-state index in [4.69, 9.17) is 0 Å². The summed E-state index contributed by atoms with van der Waals surface area (Å²) < 4.78 is 65.5. The van der Waals surface area contributed by atoms with Gasteiger partial charge in [-0.25, -0.2) is 21.6 Å². The molecule has 1 amide bonds. The fourth-order valence-electron chi connectivity index (χ4n) is 2.63. The minimum absolute atomic E-state index is 0.00454. The van der Waals surface area contributed by atoms with E-state index < -0.39 is 46.4 Å². The molecule has 1 aliphatic heterocycles. The molecular formula is C17H15F3N2O4S. The lowest BCUT2D eigenvalue weighted by Crippen LogP contribution is -2.30. The van der Waals surface area contributed by atoms with E-state index in [-0.39, 0.29) is 22.7 Å². The van der Waals surface area contributed by atoms with Crippen molar-refractivity contribution in [1.29, 1.82) is 0 Å². The number of alkyl halides is 1. The van der Waals surface area contributed by atoms with Crippen LogP contribution in [0.25, 0.3) is 0 Å². The van der Waals surface area contributed by atoms with Gasteiger partial charge < -0.3 is 10.4 Å². The zero-order valence-corrected chi connectivity index (χ0v) is 14.6. The number of aliphatic hydroxyl groups excluding tert-OH is 1. The molecule has 2 aromatic carbocycles. The Morgan fingerprint density at radius 1 is 1.11 bits per heavy atom. The van der Waals surface area contributed by atoms with Crippen molar-refractivity contribution >= 4 is 21.6 Å². The van der Waals surface area contributed by atoms with Gasteiger partial charge in [-0.15, -0.1) is 0 Å². The number of benzene rings is 2. The van der Waals surface area contributed by atoms with Gasteiger partial charge in [-0.2, -0.15) is 4.31 Å². The van der Waals surface area contributed by atoms with Gasteiger partial charge in [-0.3, -0.25) is 4.79 Å². The van der Waals surface area contributed by atoms with Crippen molar-refractivity contribution in [2.24, 2.45) is 0 Å². The third kappa shape index (κ3) is 3.97. The Morgan fingerprint density at radius 3 is 2.48 bits per heavy atom. The number of sulfonamides is 1. The Balaban J connectivity index is 1.82. The predicted octanol–water partition coefficient (Wildman–Crippen LogP) is 1.92. The highest BCUT2D eigenvalue weighted by atomic mass is 32.2. The van der Waals surface area contributed by atoms with Gasteiger partial charge >= 0.3 is 0 Å². The molecule has 1 fully saturated rings. The molecule has 2 N–H and O–H groups in total. The first-order chi connectivity index (χ1) is 12.7. The molecule has 2 unspecified atom stereocenters. The number of rotatable bonds is 4. The summed E-state index contributed by atoms with van der Waals surface area (Å²) >= 11 is 0. The fourth-order valence-corrected chi connectivity index (χ4v) is 4.15. The summed E-state index contributed by atoms with van der Waals surface area (Å²) in [6, 6.07) is 7.78. The molecule has 2 aromatic rings. The average molecular weight is 400 g/mol. The highest BCUT2D eigenvalue weighted by Gasteiger charge is 2.38. The number of β-amino-alcohol motifs (C(OH)–C–C–N with tert-alkyl or cyclic N) is 1. The normalized spacial score (nSPS) is 20.6. The van der Waals surface area contributed by atoms with E-state index >= 15 is 0 Å². The van der Waals surface area contributed by atoms with Crippen LogP contribution >= 0.6 is 0 Å². The van der Waals surface area contributed by atoms with E-state index in [0.29, 0.717) is 0 Å². The smallest absolute Gasteiger partial charge is 0.255 e. The van der Waals surface area contributed by atoms with Crippen molar-refractivity contribution < 1.29 is 31.5 Å². The average Bonchev–Trinajstić information content (AvgIpc) is 2.98. The quantitative estimate of drug-likeness (QED) is 0.821. The number of anilines is 1. The molecule has 0 aromatic heterocycles. The summed E-state index contributed by atoms with van der Waals surface area (Å²) in [7, 11) is -4.10. The van der Waals surface area contributed by atoms with Crippen LogP contribution in [0.5, 0.6) is 0 Å². The molecule has 0 spiro atoms. The third-order valence-corrected chi connectivity index (χ3v) is 5.93. The van der Waals surface area contributed by atoms with Crippen LogP contribution in [0, 0.1) is 11.6 Å². The molecular weight excluding hydrogens is 385 g/mol. The van der Waals surface area contributed by atoms with Crippen LogP contribution in [-0.2, 0) is 10.0 Å². The van der Waals surface area contributed by atoms with Crippen LogP contribution < -0.4 is 5.32 Å². The fraction of sp³-hybridized carbons (Fsp3) is 0.235. The molecule has 6 nitrogen and oxygen atoms in total. The first-order valence-corrected chi connectivity index (χ1v) is 9.31. The van der Waals surface area contributed by atoms with Crippen molar-refractivity contribution in [2.75, 3.05) is 18.4 Å². The third-order valence-electron chi connectivity index (χ3n) is 4.10. The van der Waals surface area contributed by atoms with Crippen LogP contribution in [0.15, 0.2) is 47.4 Å². The van der Waals surface area contributed by atoms with Gasteiger partial charge in [0.2, 0.25) is 10.0 Å². The molecule has 2 atom stereocenters. The SMILES string of the molecule is O=C(Nc1ccc(F)c(F)c1)c1cccc(S(=O)(=O)N2CC(O)C(F)C2)c1. The van der Waals surface area contributed by atoms with Crippen molar-refractivity contribution in [3.05, 3.63) is 59.7 Å². The number of carbonyl (C=O) groups excluding carboxylic acids is 1. The van der Waals surface area contributed by atoms with E-state index in [2.05, 4.69) is 5.32 Å².